The van der Waals surface area contributed by atoms with Crippen molar-refractivity contribution in [2.75, 3.05) is 0 Å². The Bertz CT molecular complexity index is 652. The highest BCUT2D eigenvalue weighted by Crippen LogP contribution is 2.39. The largest absolute Gasteiger partial charge is 0.550 e. The molecule has 2 nitrogen and oxygen atoms in total. The van der Waals surface area contributed by atoms with Crippen LogP contribution >= 0.6 is 22.7 Å². The van der Waals surface area contributed by atoms with E-state index in [4.69, 9.17) is 0 Å². The predicted molar refractivity (Wildman–Crippen MR) is 98.3 cm³/mol. The zero-order valence-corrected chi connectivity index (χ0v) is 15.9. The van der Waals surface area contributed by atoms with Crippen LogP contribution in [0.15, 0.2) is 12.1 Å². The smallest absolute Gasteiger partial charge is 0.0477 e. The molecule has 2 aromatic rings. The van der Waals surface area contributed by atoms with E-state index in [1.165, 1.54) is 50.8 Å². The van der Waals surface area contributed by atoms with Crippen LogP contribution in [-0.2, 0) is 17.6 Å². The molecule has 0 spiro atoms. The van der Waals surface area contributed by atoms with E-state index < -0.39 is 5.97 Å². The summed E-state index contributed by atoms with van der Waals surface area (Å²) in [5.41, 5.74) is 2.61. The molecule has 0 bridgehead atoms. The topological polar surface area (TPSA) is 40.1 Å². The number of aryl methyl sites for hydroxylation is 4. The molecule has 2 heterocycles. The van der Waals surface area contributed by atoms with Gasteiger partial charge in [-0.25, -0.2) is 0 Å². The summed E-state index contributed by atoms with van der Waals surface area (Å²) in [4.78, 5) is 15.9. The van der Waals surface area contributed by atoms with Gasteiger partial charge in [0.1, 0.15) is 0 Å². The Hall–Kier alpha value is -1.13. The molecule has 2 rings (SSSR count). The molecule has 0 atom stereocenters. The average Bonchev–Trinajstić information content (AvgIpc) is 3.04. The summed E-state index contributed by atoms with van der Waals surface area (Å²) < 4.78 is 0. The van der Waals surface area contributed by atoms with Gasteiger partial charge in [-0.1, -0.05) is 26.2 Å². The molecule has 0 aromatic carbocycles. The number of aliphatic carboxylic acids is 1. The number of carboxylic acid groups (broad SMARTS) is 1. The molecule has 126 valence electrons. The van der Waals surface area contributed by atoms with E-state index in [0.29, 0.717) is 6.42 Å². The highest BCUT2D eigenvalue weighted by Gasteiger charge is 2.14. The molecular formula is C19H25O2S2-. The van der Waals surface area contributed by atoms with Crippen LogP contribution in [0.5, 0.6) is 0 Å². The van der Waals surface area contributed by atoms with Gasteiger partial charge in [-0.15, -0.1) is 22.7 Å². The third-order valence-electron chi connectivity index (χ3n) is 4.07. The van der Waals surface area contributed by atoms with Crippen LogP contribution in [0.1, 0.15) is 59.9 Å². The lowest BCUT2D eigenvalue weighted by atomic mass is 10.1. The number of rotatable bonds is 9. The Labute approximate surface area is 147 Å². The normalized spacial score (nSPS) is 11.1. The van der Waals surface area contributed by atoms with Crippen molar-refractivity contribution >= 4 is 28.6 Å². The van der Waals surface area contributed by atoms with E-state index in [1.54, 1.807) is 11.3 Å². The molecule has 0 radical (unpaired) electrons. The zero-order chi connectivity index (χ0) is 16.8. The Morgan fingerprint density at radius 3 is 2.52 bits per heavy atom. The van der Waals surface area contributed by atoms with E-state index in [9.17, 15) is 9.90 Å². The molecule has 0 saturated heterocycles. The fourth-order valence-corrected chi connectivity index (χ4v) is 5.09. The van der Waals surface area contributed by atoms with Gasteiger partial charge in [0, 0.05) is 25.5 Å². The van der Waals surface area contributed by atoms with E-state index in [0.717, 1.165) is 12.0 Å². The Morgan fingerprint density at radius 1 is 1.04 bits per heavy atom. The van der Waals surface area contributed by atoms with Gasteiger partial charge in [0.05, 0.1) is 0 Å². The maximum absolute atomic E-state index is 10.8. The van der Waals surface area contributed by atoms with Crippen LogP contribution in [0, 0.1) is 13.8 Å². The van der Waals surface area contributed by atoms with Crippen molar-refractivity contribution < 1.29 is 9.90 Å². The van der Waals surface area contributed by atoms with Crippen LogP contribution in [0.3, 0.4) is 0 Å². The third kappa shape index (κ3) is 5.18. The molecule has 0 amide bonds. The van der Waals surface area contributed by atoms with E-state index in [2.05, 4.69) is 32.9 Å². The van der Waals surface area contributed by atoms with Crippen LogP contribution < -0.4 is 5.11 Å². The monoisotopic (exact) mass is 349 g/mol. The number of carbonyl (C=O) groups excluding carboxylic acids is 1. The van der Waals surface area contributed by atoms with Crippen LogP contribution in [0.4, 0.5) is 0 Å². The van der Waals surface area contributed by atoms with Crippen LogP contribution in [0.2, 0.25) is 0 Å². The maximum atomic E-state index is 10.8. The van der Waals surface area contributed by atoms with E-state index >= 15 is 0 Å². The molecule has 0 saturated carbocycles. The lowest BCUT2D eigenvalue weighted by molar-refractivity contribution is -0.305. The highest BCUT2D eigenvalue weighted by molar-refractivity contribution is 7.22. The molecule has 0 unspecified atom stereocenters. The van der Waals surface area contributed by atoms with Gasteiger partial charge in [-0.05, 0) is 62.8 Å². The molecule has 2 aromatic heterocycles. The molecule has 0 aliphatic heterocycles. The van der Waals surface area contributed by atoms with E-state index in [1.807, 2.05) is 11.3 Å². The lowest BCUT2D eigenvalue weighted by Gasteiger charge is -2.03. The van der Waals surface area contributed by atoms with Crippen molar-refractivity contribution in [3.05, 3.63) is 33.0 Å². The van der Waals surface area contributed by atoms with Crippen LogP contribution in [-0.4, -0.2) is 5.97 Å². The minimum absolute atomic E-state index is 0.0946. The van der Waals surface area contributed by atoms with Crippen molar-refractivity contribution in [1.82, 2.24) is 0 Å². The van der Waals surface area contributed by atoms with Crippen LogP contribution in [0.25, 0.3) is 9.75 Å². The van der Waals surface area contributed by atoms with Gasteiger partial charge in [0.2, 0.25) is 0 Å². The summed E-state index contributed by atoms with van der Waals surface area (Å²) in [7, 11) is 0. The van der Waals surface area contributed by atoms with Gasteiger partial charge in [-0.2, -0.15) is 0 Å². The first-order valence-electron chi connectivity index (χ1n) is 8.40. The van der Waals surface area contributed by atoms with Gasteiger partial charge in [-0.3, -0.25) is 0 Å². The fourth-order valence-electron chi connectivity index (χ4n) is 2.82. The van der Waals surface area contributed by atoms with E-state index in [-0.39, 0.29) is 6.42 Å². The second-order valence-electron chi connectivity index (χ2n) is 6.09. The zero-order valence-electron chi connectivity index (χ0n) is 14.2. The van der Waals surface area contributed by atoms with Gasteiger partial charge >= 0.3 is 0 Å². The number of unbranched alkanes of at least 4 members (excludes halogenated alkanes) is 3. The summed E-state index contributed by atoms with van der Waals surface area (Å²) in [5.74, 6) is -0.973. The Morgan fingerprint density at radius 2 is 1.83 bits per heavy atom. The quantitative estimate of drug-likeness (QED) is 0.604. The first-order valence-corrected chi connectivity index (χ1v) is 10.0. The van der Waals surface area contributed by atoms with Gasteiger partial charge in [0.15, 0.2) is 0 Å². The number of carboxylic acids is 1. The van der Waals surface area contributed by atoms with Gasteiger partial charge in [0.25, 0.3) is 0 Å². The molecule has 23 heavy (non-hydrogen) atoms. The SMILES string of the molecule is CCCCCCc1cc(-c2sc(C)cc2CCC(=O)[O-])sc1C. The second-order valence-corrected chi connectivity index (χ2v) is 8.60. The molecule has 0 aliphatic rings. The van der Waals surface area contributed by atoms with Crippen molar-refractivity contribution in [3.63, 3.8) is 0 Å². The summed E-state index contributed by atoms with van der Waals surface area (Å²) in [5, 5.41) is 10.8. The number of hydrogen-bond acceptors (Lipinski definition) is 4. The van der Waals surface area contributed by atoms with Crippen molar-refractivity contribution in [1.29, 1.82) is 0 Å². The molecule has 0 N–H and O–H groups in total. The number of hydrogen-bond donors (Lipinski definition) is 0. The van der Waals surface area contributed by atoms with Gasteiger partial charge < -0.3 is 9.90 Å². The lowest BCUT2D eigenvalue weighted by Crippen LogP contribution is -2.22. The average molecular weight is 350 g/mol. The molecule has 0 aliphatic carbocycles. The Kier molecular flexibility index (Phi) is 6.85. The Balaban J connectivity index is 2.14. The minimum atomic E-state index is -0.973. The summed E-state index contributed by atoms with van der Waals surface area (Å²) in [6.07, 6.45) is 6.95. The van der Waals surface area contributed by atoms with Crippen molar-refractivity contribution in [3.8, 4) is 9.75 Å². The summed E-state index contributed by atoms with van der Waals surface area (Å²) in [6.45, 7) is 6.52. The second kappa shape index (κ2) is 8.65. The highest BCUT2D eigenvalue weighted by atomic mass is 32.1. The molecule has 0 fully saturated rings. The standard InChI is InChI=1S/C19H26O2S2/c1-4-5-6-7-8-15-12-17(23-14(15)3)19-16(9-10-18(20)21)11-13(2)22-19/h11-12H,4-10H2,1-3H3,(H,20,21)/p-1. The maximum Gasteiger partial charge on any atom is 0.0477 e. The molecular weight excluding hydrogens is 324 g/mol. The fraction of sp³-hybridized carbons (Fsp3) is 0.526. The number of carbonyl (C=O) groups is 1. The molecule has 4 heteroatoms. The van der Waals surface area contributed by atoms with Crippen molar-refractivity contribution in [2.24, 2.45) is 0 Å². The van der Waals surface area contributed by atoms with Crippen molar-refractivity contribution in [2.45, 2.75) is 65.7 Å². The first-order chi connectivity index (χ1) is 11.0. The summed E-state index contributed by atoms with van der Waals surface area (Å²) in [6, 6.07) is 4.44. The minimum Gasteiger partial charge on any atom is -0.550 e. The third-order valence-corrected chi connectivity index (χ3v) is 6.44. The summed E-state index contributed by atoms with van der Waals surface area (Å²) >= 11 is 3.61. The predicted octanol–water partition coefficient (Wildman–Crippen LogP) is 4.90. The first kappa shape index (κ1) is 18.2. The number of thiophene rings is 2.